The molecule has 0 saturated heterocycles. The molecule has 1 saturated carbocycles. The van der Waals surface area contributed by atoms with Crippen LogP contribution < -0.4 is 10.2 Å². The van der Waals surface area contributed by atoms with E-state index in [9.17, 15) is 4.39 Å². The lowest BCUT2D eigenvalue weighted by Gasteiger charge is -2.47. The van der Waals surface area contributed by atoms with Gasteiger partial charge >= 0.3 is 0 Å². The molecule has 1 N–H and O–H groups in total. The average Bonchev–Trinajstić information content (AvgIpc) is 3.58. The highest BCUT2D eigenvalue weighted by Crippen LogP contribution is 2.49. The van der Waals surface area contributed by atoms with Crippen molar-refractivity contribution in [1.29, 1.82) is 0 Å². The number of nitrogens with zero attached hydrogens (tertiary/aromatic N) is 5. The Morgan fingerprint density at radius 1 is 0.975 bits per heavy atom. The highest BCUT2D eigenvalue weighted by Gasteiger charge is 2.45. The molecule has 0 amide bonds. The van der Waals surface area contributed by atoms with Gasteiger partial charge in [0.05, 0.1) is 24.3 Å². The first-order valence-electron chi connectivity index (χ1n) is 14.4. The predicted octanol–water partition coefficient (Wildman–Crippen LogP) is 7.32. The molecule has 0 radical (unpaired) electrons. The fourth-order valence-electron chi connectivity index (χ4n) is 6.92. The Bertz CT molecular complexity index is 1560. The van der Waals surface area contributed by atoms with Crippen LogP contribution in [0.25, 0.3) is 11.3 Å². The van der Waals surface area contributed by atoms with E-state index in [2.05, 4.69) is 75.2 Å². The zero-order valence-electron chi connectivity index (χ0n) is 23.1. The van der Waals surface area contributed by atoms with E-state index in [1.165, 1.54) is 43.1 Å². The van der Waals surface area contributed by atoms with Crippen molar-refractivity contribution in [3.8, 4) is 11.3 Å². The van der Waals surface area contributed by atoms with E-state index in [4.69, 9.17) is 5.10 Å². The topological polar surface area (TPSA) is 49.2 Å². The first-order chi connectivity index (χ1) is 19.6. The summed E-state index contributed by atoms with van der Waals surface area (Å²) in [4.78, 5) is 9.07. The van der Waals surface area contributed by atoms with Gasteiger partial charge in [-0.3, -0.25) is 0 Å². The SMILES string of the molecule is CCC1=C2N(C)Cc3c(nn(Cc4ccc(-c5cccc(F)n5)cc4)c3Nc3ccccc3)N2C2CCCC2C1. The van der Waals surface area contributed by atoms with Gasteiger partial charge in [-0.25, -0.2) is 9.67 Å². The summed E-state index contributed by atoms with van der Waals surface area (Å²) >= 11 is 0. The van der Waals surface area contributed by atoms with Crippen molar-refractivity contribution in [2.75, 3.05) is 17.3 Å². The highest BCUT2D eigenvalue weighted by molar-refractivity contribution is 5.71. The molecule has 0 spiro atoms. The summed E-state index contributed by atoms with van der Waals surface area (Å²) in [6.07, 6.45) is 6.12. The van der Waals surface area contributed by atoms with Crippen LogP contribution in [0.15, 0.2) is 84.2 Å². The van der Waals surface area contributed by atoms with Crippen LogP contribution in [-0.2, 0) is 13.1 Å². The Morgan fingerprint density at radius 3 is 2.58 bits per heavy atom. The number of fused-ring (bicyclic) bond motifs is 5. The van der Waals surface area contributed by atoms with Gasteiger partial charge in [0.25, 0.3) is 0 Å². The van der Waals surface area contributed by atoms with Crippen LogP contribution in [0.3, 0.4) is 0 Å². The molecular formula is C33H35FN6. The van der Waals surface area contributed by atoms with Crippen molar-refractivity contribution in [3.05, 3.63) is 101 Å². The molecule has 2 atom stereocenters. The zero-order valence-corrected chi connectivity index (χ0v) is 23.1. The van der Waals surface area contributed by atoms with Gasteiger partial charge in [-0.1, -0.05) is 61.9 Å². The van der Waals surface area contributed by atoms with Crippen LogP contribution in [0.5, 0.6) is 0 Å². The number of hydrogen-bond acceptors (Lipinski definition) is 5. The summed E-state index contributed by atoms with van der Waals surface area (Å²) < 4.78 is 15.8. The minimum absolute atomic E-state index is 0.466. The summed E-state index contributed by atoms with van der Waals surface area (Å²) in [5, 5.41) is 9.06. The molecular weight excluding hydrogens is 499 g/mol. The largest absolute Gasteiger partial charge is 0.356 e. The van der Waals surface area contributed by atoms with Crippen LogP contribution in [0.1, 0.15) is 50.2 Å². The Kier molecular flexibility index (Phi) is 6.29. The van der Waals surface area contributed by atoms with E-state index >= 15 is 0 Å². The van der Waals surface area contributed by atoms with Gasteiger partial charge in [0.15, 0.2) is 5.82 Å². The first-order valence-corrected chi connectivity index (χ1v) is 14.4. The van der Waals surface area contributed by atoms with Crippen LogP contribution >= 0.6 is 0 Å². The molecule has 0 bridgehead atoms. The van der Waals surface area contributed by atoms with E-state index in [0.717, 1.165) is 41.4 Å². The minimum atomic E-state index is -0.466. The van der Waals surface area contributed by atoms with Gasteiger partial charge in [0, 0.05) is 24.3 Å². The van der Waals surface area contributed by atoms with Crippen LogP contribution in [0.4, 0.5) is 21.7 Å². The molecule has 7 rings (SSSR count). The van der Waals surface area contributed by atoms with E-state index in [1.54, 1.807) is 11.6 Å². The van der Waals surface area contributed by atoms with Crippen LogP contribution in [0, 0.1) is 11.9 Å². The molecule has 40 heavy (non-hydrogen) atoms. The second-order valence-electron chi connectivity index (χ2n) is 11.3. The number of pyridine rings is 1. The normalized spacial score (nSPS) is 19.9. The quantitative estimate of drug-likeness (QED) is 0.263. The lowest BCUT2D eigenvalue weighted by molar-refractivity contribution is 0.313. The lowest BCUT2D eigenvalue weighted by Crippen LogP contribution is -2.49. The fraction of sp³-hybridized carbons (Fsp3) is 0.333. The molecule has 4 aromatic rings. The predicted molar refractivity (Wildman–Crippen MR) is 158 cm³/mol. The Balaban J connectivity index is 1.29. The third kappa shape index (κ3) is 4.34. The van der Waals surface area contributed by atoms with Crippen molar-refractivity contribution in [2.45, 2.75) is 58.2 Å². The smallest absolute Gasteiger partial charge is 0.213 e. The molecule has 1 fully saturated rings. The maximum absolute atomic E-state index is 13.7. The van der Waals surface area contributed by atoms with Crippen molar-refractivity contribution >= 4 is 17.3 Å². The average molecular weight is 535 g/mol. The molecule has 2 unspecified atom stereocenters. The van der Waals surface area contributed by atoms with Crippen LogP contribution in [0.2, 0.25) is 0 Å². The van der Waals surface area contributed by atoms with Gasteiger partial charge in [-0.05, 0) is 67.0 Å². The Hall–Kier alpha value is -4.13. The zero-order chi connectivity index (χ0) is 27.2. The summed E-state index contributed by atoms with van der Waals surface area (Å²) in [6, 6.07) is 24.0. The summed E-state index contributed by atoms with van der Waals surface area (Å²) in [6.45, 7) is 3.74. The number of aromatic nitrogens is 3. The van der Waals surface area contributed by atoms with Crippen molar-refractivity contribution in [2.24, 2.45) is 5.92 Å². The van der Waals surface area contributed by atoms with E-state index in [1.807, 2.05) is 24.3 Å². The van der Waals surface area contributed by atoms with E-state index in [0.29, 0.717) is 24.2 Å². The van der Waals surface area contributed by atoms with Crippen LogP contribution in [-0.4, -0.2) is 32.8 Å². The number of para-hydroxylation sites is 1. The number of rotatable bonds is 6. The molecule has 204 valence electrons. The van der Waals surface area contributed by atoms with E-state index in [-0.39, 0.29) is 0 Å². The van der Waals surface area contributed by atoms with Crippen molar-refractivity contribution in [1.82, 2.24) is 19.7 Å². The molecule has 2 aliphatic heterocycles. The van der Waals surface area contributed by atoms with Gasteiger partial charge in [-0.15, -0.1) is 0 Å². The number of allylic oxidation sites excluding steroid dienone is 1. The molecule has 2 aromatic carbocycles. The summed E-state index contributed by atoms with van der Waals surface area (Å²) in [5.41, 5.74) is 6.53. The Labute approximate surface area is 235 Å². The summed E-state index contributed by atoms with van der Waals surface area (Å²) in [5.74, 6) is 3.77. The molecule has 7 heteroatoms. The van der Waals surface area contributed by atoms with Gasteiger partial charge < -0.3 is 15.1 Å². The van der Waals surface area contributed by atoms with Crippen molar-refractivity contribution in [3.63, 3.8) is 0 Å². The third-order valence-electron chi connectivity index (χ3n) is 8.78. The van der Waals surface area contributed by atoms with Gasteiger partial charge in [0.1, 0.15) is 11.6 Å². The number of hydrogen-bond donors (Lipinski definition) is 1. The standard InChI is InChI=1S/C33H35FN6/c1-3-23-19-25-9-7-13-29(25)40-32-27(21-38(2)33(23)40)31(35-26-10-5-4-6-11-26)39(37-32)20-22-15-17-24(18-16-22)28-12-8-14-30(34)36-28/h4-6,8,10-12,14-18,25,29,35H,3,7,9,13,19-21H2,1-2H3. The number of halogens is 1. The first kappa shape index (κ1) is 24.9. The summed E-state index contributed by atoms with van der Waals surface area (Å²) in [7, 11) is 2.24. The number of nitrogens with one attached hydrogen (secondary N) is 1. The lowest BCUT2D eigenvalue weighted by atomic mass is 9.87. The molecule has 4 heterocycles. The monoisotopic (exact) mass is 534 g/mol. The van der Waals surface area contributed by atoms with Gasteiger partial charge in [0.2, 0.25) is 5.95 Å². The number of anilines is 3. The molecule has 6 nitrogen and oxygen atoms in total. The van der Waals surface area contributed by atoms with Gasteiger partial charge in [-0.2, -0.15) is 9.49 Å². The van der Waals surface area contributed by atoms with Crippen molar-refractivity contribution < 1.29 is 4.39 Å². The fourth-order valence-corrected chi connectivity index (χ4v) is 6.92. The number of benzene rings is 2. The maximum atomic E-state index is 13.7. The van der Waals surface area contributed by atoms with E-state index < -0.39 is 5.95 Å². The maximum Gasteiger partial charge on any atom is 0.213 e. The molecule has 2 aromatic heterocycles. The molecule has 1 aliphatic carbocycles. The Morgan fingerprint density at radius 2 is 1.80 bits per heavy atom. The molecule has 3 aliphatic rings. The third-order valence-corrected chi connectivity index (χ3v) is 8.78. The second kappa shape index (κ2) is 10.1. The highest BCUT2D eigenvalue weighted by atomic mass is 19.1. The minimum Gasteiger partial charge on any atom is -0.356 e. The second-order valence-corrected chi connectivity index (χ2v) is 11.3.